The lowest BCUT2D eigenvalue weighted by Crippen LogP contribution is -2.23. The van der Waals surface area contributed by atoms with Gasteiger partial charge in [-0.25, -0.2) is 0 Å². The molecule has 19 heavy (non-hydrogen) atoms. The standard InChI is InChI=1S/C14H15BrN2OS/c1-2-10-4-5-11(19-10)8-17-14(18)12-7-9(15)3-6-13(12)16/h3-7H,2,8,16H2,1H3,(H,17,18). The Balaban J connectivity index is 2.03. The first-order valence-corrected chi connectivity index (χ1v) is 7.62. The number of anilines is 1. The van der Waals surface area contributed by atoms with Crippen molar-refractivity contribution in [3.8, 4) is 0 Å². The largest absolute Gasteiger partial charge is 0.398 e. The number of nitrogens with one attached hydrogen (secondary N) is 1. The molecular weight excluding hydrogens is 324 g/mol. The van der Waals surface area contributed by atoms with Gasteiger partial charge in [0.25, 0.3) is 5.91 Å². The second kappa shape index (κ2) is 6.21. The Labute approximate surface area is 125 Å². The van der Waals surface area contributed by atoms with Crippen molar-refractivity contribution in [3.63, 3.8) is 0 Å². The van der Waals surface area contributed by atoms with E-state index in [9.17, 15) is 4.79 Å². The van der Waals surface area contributed by atoms with Gasteiger partial charge in [-0.2, -0.15) is 0 Å². The number of aryl methyl sites for hydroxylation is 1. The van der Waals surface area contributed by atoms with E-state index in [0.717, 1.165) is 15.8 Å². The van der Waals surface area contributed by atoms with Crippen LogP contribution in [0.2, 0.25) is 0 Å². The summed E-state index contributed by atoms with van der Waals surface area (Å²) in [7, 11) is 0. The van der Waals surface area contributed by atoms with Crippen LogP contribution in [0.1, 0.15) is 27.0 Å². The minimum absolute atomic E-state index is 0.148. The predicted molar refractivity (Wildman–Crippen MR) is 83.4 cm³/mol. The minimum Gasteiger partial charge on any atom is -0.398 e. The van der Waals surface area contributed by atoms with E-state index in [1.807, 2.05) is 12.1 Å². The highest BCUT2D eigenvalue weighted by atomic mass is 79.9. The highest BCUT2D eigenvalue weighted by molar-refractivity contribution is 9.10. The average Bonchev–Trinajstić information content (AvgIpc) is 2.87. The van der Waals surface area contributed by atoms with Crippen LogP contribution < -0.4 is 11.1 Å². The molecule has 0 unspecified atom stereocenters. The zero-order chi connectivity index (χ0) is 13.8. The van der Waals surface area contributed by atoms with E-state index in [4.69, 9.17) is 5.73 Å². The Morgan fingerprint density at radius 3 is 2.74 bits per heavy atom. The highest BCUT2D eigenvalue weighted by Crippen LogP contribution is 2.19. The third-order valence-electron chi connectivity index (χ3n) is 2.75. The molecule has 3 N–H and O–H groups in total. The van der Waals surface area contributed by atoms with E-state index in [-0.39, 0.29) is 5.91 Å². The number of hydrogen-bond acceptors (Lipinski definition) is 3. The van der Waals surface area contributed by atoms with Crippen molar-refractivity contribution in [2.24, 2.45) is 0 Å². The van der Waals surface area contributed by atoms with Gasteiger partial charge in [0.05, 0.1) is 12.1 Å². The molecule has 0 saturated carbocycles. The van der Waals surface area contributed by atoms with Crippen molar-refractivity contribution in [3.05, 3.63) is 50.1 Å². The summed E-state index contributed by atoms with van der Waals surface area (Å²) in [6, 6.07) is 9.42. The van der Waals surface area contributed by atoms with Gasteiger partial charge in [0.15, 0.2) is 0 Å². The van der Waals surface area contributed by atoms with Crippen molar-refractivity contribution in [1.82, 2.24) is 5.32 Å². The second-order valence-corrected chi connectivity index (χ2v) is 6.30. The number of hydrogen-bond donors (Lipinski definition) is 2. The van der Waals surface area contributed by atoms with Crippen molar-refractivity contribution >= 4 is 38.9 Å². The lowest BCUT2D eigenvalue weighted by atomic mass is 10.1. The maximum Gasteiger partial charge on any atom is 0.253 e. The Hall–Kier alpha value is -1.33. The number of nitrogen functional groups attached to an aromatic ring is 1. The Morgan fingerprint density at radius 2 is 2.05 bits per heavy atom. The number of thiophene rings is 1. The van der Waals surface area contributed by atoms with Crippen LogP contribution in [0.15, 0.2) is 34.8 Å². The molecule has 0 aliphatic carbocycles. The van der Waals surface area contributed by atoms with Crippen LogP contribution in [0.25, 0.3) is 0 Å². The fraction of sp³-hybridized carbons (Fsp3) is 0.214. The number of amides is 1. The molecule has 0 aliphatic heterocycles. The summed E-state index contributed by atoms with van der Waals surface area (Å²) in [4.78, 5) is 14.5. The van der Waals surface area contributed by atoms with E-state index in [1.165, 1.54) is 4.88 Å². The molecule has 1 aromatic carbocycles. The Bertz CT molecular complexity index is 595. The molecule has 0 aliphatic rings. The fourth-order valence-electron chi connectivity index (χ4n) is 1.70. The van der Waals surface area contributed by atoms with Crippen LogP contribution >= 0.6 is 27.3 Å². The summed E-state index contributed by atoms with van der Waals surface area (Å²) in [5.74, 6) is -0.148. The lowest BCUT2D eigenvalue weighted by molar-refractivity contribution is 0.0952. The first-order chi connectivity index (χ1) is 9.10. The smallest absolute Gasteiger partial charge is 0.253 e. The third-order valence-corrected chi connectivity index (χ3v) is 4.47. The molecule has 1 heterocycles. The topological polar surface area (TPSA) is 55.1 Å². The maximum absolute atomic E-state index is 12.1. The van der Waals surface area contributed by atoms with Gasteiger partial charge in [0.1, 0.15) is 0 Å². The van der Waals surface area contributed by atoms with Crippen LogP contribution in [0.4, 0.5) is 5.69 Å². The van der Waals surface area contributed by atoms with Gasteiger partial charge in [-0.15, -0.1) is 11.3 Å². The third kappa shape index (κ3) is 3.58. The molecule has 3 nitrogen and oxygen atoms in total. The normalized spacial score (nSPS) is 10.4. The van der Waals surface area contributed by atoms with Crippen molar-refractivity contribution in [2.75, 3.05) is 5.73 Å². The molecule has 0 saturated heterocycles. The van der Waals surface area contributed by atoms with Gasteiger partial charge >= 0.3 is 0 Å². The van der Waals surface area contributed by atoms with Gasteiger partial charge in [-0.1, -0.05) is 22.9 Å². The average molecular weight is 339 g/mol. The lowest BCUT2D eigenvalue weighted by Gasteiger charge is -2.07. The van der Waals surface area contributed by atoms with Crippen LogP contribution in [0.5, 0.6) is 0 Å². The second-order valence-electron chi connectivity index (χ2n) is 4.14. The van der Waals surface area contributed by atoms with E-state index >= 15 is 0 Å². The molecule has 5 heteroatoms. The summed E-state index contributed by atoms with van der Waals surface area (Å²) in [6.45, 7) is 2.66. The van der Waals surface area contributed by atoms with E-state index in [2.05, 4.69) is 34.2 Å². The summed E-state index contributed by atoms with van der Waals surface area (Å²) in [5, 5.41) is 2.89. The molecule has 1 amide bonds. The first kappa shape index (κ1) is 14.1. The quantitative estimate of drug-likeness (QED) is 0.837. The predicted octanol–water partition coefficient (Wildman–Crippen LogP) is 3.59. The molecule has 2 aromatic rings. The Kier molecular flexibility index (Phi) is 4.61. The molecule has 0 atom stereocenters. The summed E-state index contributed by atoms with van der Waals surface area (Å²) < 4.78 is 0.844. The summed E-state index contributed by atoms with van der Waals surface area (Å²) in [5.41, 5.74) is 6.79. The maximum atomic E-state index is 12.1. The fourth-order valence-corrected chi connectivity index (χ4v) is 2.95. The molecule has 2 rings (SSSR count). The van der Waals surface area contributed by atoms with Crippen molar-refractivity contribution in [1.29, 1.82) is 0 Å². The van der Waals surface area contributed by atoms with Crippen LogP contribution in [0, 0.1) is 0 Å². The molecule has 0 spiro atoms. The minimum atomic E-state index is -0.148. The zero-order valence-electron chi connectivity index (χ0n) is 10.6. The number of carbonyl (C=O) groups is 1. The van der Waals surface area contributed by atoms with Gasteiger partial charge < -0.3 is 11.1 Å². The van der Waals surface area contributed by atoms with Gasteiger partial charge in [-0.3, -0.25) is 4.79 Å². The molecular formula is C14H15BrN2OS. The molecule has 0 bridgehead atoms. The first-order valence-electron chi connectivity index (χ1n) is 6.01. The number of carbonyl (C=O) groups excluding carboxylic acids is 1. The number of rotatable bonds is 4. The molecule has 0 radical (unpaired) electrons. The van der Waals surface area contributed by atoms with E-state index in [0.29, 0.717) is 17.8 Å². The summed E-state index contributed by atoms with van der Waals surface area (Å²) in [6.07, 6.45) is 1.02. The highest BCUT2D eigenvalue weighted by Gasteiger charge is 2.10. The van der Waals surface area contributed by atoms with Gasteiger partial charge in [-0.05, 0) is 36.8 Å². The Morgan fingerprint density at radius 1 is 1.32 bits per heavy atom. The monoisotopic (exact) mass is 338 g/mol. The van der Waals surface area contributed by atoms with Gasteiger partial charge in [0.2, 0.25) is 0 Å². The van der Waals surface area contributed by atoms with Gasteiger partial charge in [0, 0.05) is 19.9 Å². The number of nitrogens with two attached hydrogens (primary N) is 1. The molecule has 0 fully saturated rings. The SMILES string of the molecule is CCc1ccc(CNC(=O)c2cc(Br)ccc2N)s1. The molecule has 1 aromatic heterocycles. The van der Waals surface area contributed by atoms with Crippen molar-refractivity contribution < 1.29 is 4.79 Å². The van der Waals surface area contributed by atoms with Crippen LogP contribution in [-0.2, 0) is 13.0 Å². The van der Waals surface area contributed by atoms with Crippen LogP contribution in [-0.4, -0.2) is 5.91 Å². The number of benzene rings is 1. The van der Waals surface area contributed by atoms with Crippen molar-refractivity contribution in [2.45, 2.75) is 19.9 Å². The summed E-state index contributed by atoms with van der Waals surface area (Å²) >= 11 is 5.06. The van der Waals surface area contributed by atoms with E-state index in [1.54, 1.807) is 23.5 Å². The van der Waals surface area contributed by atoms with E-state index < -0.39 is 0 Å². The zero-order valence-corrected chi connectivity index (χ0v) is 13.0. The molecule has 100 valence electrons. The van der Waals surface area contributed by atoms with Crippen LogP contribution in [0.3, 0.4) is 0 Å². The number of halogens is 1.